The van der Waals surface area contributed by atoms with Gasteiger partial charge in [0.15, 0.2) is 0 Å². The molecule has 0 unspecified atom stereocenters. The summed E-state index contributed by atoms with van der Waals surface area (Å²) in [7, 11) is 2.53. The summed E-state index contributed by atoms with van der Waals surface area (Å²) in [6.45, 7) is -0.447. The van der Waals surface area contributed by atoms with Gasteiger partial charge in [0.05, 0.1) is 43.6 Å². The van der Waals surface area contributed by atoms with Crippen molar-refractivity contribution in [3.63, 3.8) is 0 Å². The van der Waals surface area contributed by atoms with E-state index >= 15 is 0 Å². The molecule has 1 atom stereocenters. The van der Waals surface area contributed by atoms with Gasteiger partial charge in [-0.1, -0.05) is 66.2 Å². The van der Waals surface area contributed by atoms with Gasteiger partial charge in [0.1, 0.15) is 12.9 Å². The van der Waals surface area contributed by atoms with E-state index < -0.39 is 36.0 Å². The van der Waals surface area contributed by atoms with Gasteiger partial charge in [-0.25, -0.2) is 4.68 Å². The van der Waals surface area contributed by atoms with Crippen molar-refractivity contribution in [3.8, 4) is 16.8 Å². The van der Waals surface area contributed by atoms with Crippen LogP contribution in [0.4, 0.5) is 0 Å². The number of rotatable bonds is 12. The average Bonchev–Trinajstić information content (AvgIpc) is 3.64. The van der Waals surface area contributed by atoms with E-state index in [0.29, 0.717) is 39.5 Å². The van der Waals surface area contributed by atoms with Crippen molar-refractivity contribution in [2.45, 2.75) is 25.4 Å². The van der Waals surface area contributed by atoms with Crippen molar-refractivity contribution in [2.75, 3.05) is 14.2 Å². The third-order valence-electron chi connectivity index (χ3n) is 7.30. The van der Waals surface area contributed by atoms with Crippen molar-refractivity contribution >= 4 is 35.5 Å². The van der Waals surface area contributed by atoms with Crippen LogP contribution in [0.2, 0.25) is 5.02 Å². The predicted octanol–water partition coefficient (Wildman–Crippen LogP) is 3.54. The van der Waals surface area contributed by atoms with E-state index in [1.807, 2.05) is 30.3 Å². The van der Waals surface area contributed by atoms with Crippen LogP contribution >= 0.6 is 11.6 Å². The third-order valence-corrected chi connectivity index (χ3v) is 7.53. The first-order valence-electron chi connectivity index (χ1n) is 14.6. The summed E-state index contributed by atoms with van der Waals surface area (Å²) in [6, 6.07) is 22.2. The Morgan fingerprint density at radius 3 is 2.38 bits per heavy atom. The lowest BCUT2D eigenvalue weighted by Crippen LogP contribution is -2.34. The maximum atomic E-state index is 13.6. The molecule has 1 amide bonds. The lowest BCUT2D eigenvalue weighted by molar-refractivity contribution is -0.142. The molecule has 0 spiro atoms. The standard InChI is InChI=1S/C34H30ClN7O6/c1-47-32(44)17-23-8-10-24(11-9-23)27-19-29(38-41(34(27)46)20-33(45)48-2)28(16-22-6-4-3-5-7-22)37-31(43)15-12-25-18-26(35)13-14-30(25)42-21-36-39-40-42/h3-15,18-19,21,28H,16-17,20H2,1-2H3,(H,37,43)/b15-12+/t28-/m0/s1. The summed E-state index contributed by atoms with van der Waals surface area (Å²) in [5, 5.41) is 19.2. The summed E-state index contributed by atoms with van der Waals surface area (Å²) >= 11 is 6.24. The van der Waals surface area contributed by atoms with E-state index in [2.05, 4.69) is 25.9 Å². The van der Waals surface area contributed by atoms with Crippen LogP contribution < -0.4 is 10.9 Å². The number of tetrazole rings is 1. The van der Waals surface area contributed by atoms with Crippen LogP contribution in [0.3, 0.4) is 0 Å². The second-order valence-electron chi connectivity index (χ2n) is 10.5. The first-order valence-corrected chi connectivity index (χ1v) is 15.0. The highest BCUT2D eigenvalue weighted by Gasteiger charge is 2.21. The Morgan fingerprint density at radius 1 is 0.938 bits per heavy atom. The summed E-state index contributed by atoms with van der Waals surface area (Å²) < 4.78 is 12.0. The molecular weight excluding hydrogens is 638 g/mol. The Balaban J connectivity index is 1.52. The molecule has 48 heavy (non-hydrogen) atoms. The van der Waals surface area contributed by atoms with Gasteiger partial charge in [0.2, 0.25) is 5.91 Å². The van der Waals surface area contributed by atoms with Crippen LogP contribution in [0.15, 0.2) is 96.1 Å². The Kier molecular flexibility index (Phi) is 10.8. The van der Waals surface area contributed by atoms with E-state index in [-0.39, 0.29) is 12.0 Å². The van der Waals surface area contributed by atoms with E-state index in [1.165, 1.54) is 31.3 Å². The molecule has 0 fully saturated rings. The molecule has 0 radical (unpaired) electrons. The van der Waals surface area contributed by atoms with Gasteiger partial charge < -0.3 is 14.8 Å². The average molecular weight is 668 g/mol. The lowest BCUT2D eigenvalue weighted by Gasteiger charge is -2.20. The number of nitrogens with zero attached hydrogens (tertiary/aromatic N) is 6. The first kappa shape index (κ1) is 33.4. The van der Waals surface area contributed by atoms with Crippen molar-refractivity contribution in [1.82, 2.24) is 35.3 Å². The van der Waals surface area contributed by atoms with Gasteiger partial charge in [0, 0.05) is 16.7 Å². The fourth-order valence-electron chi connectivity index (χ4n) is 4.88. The zero-order chi connectivity index (χ0) is 34.0. The molecule has 5 rings (SSSR count). The fraction of sp³-hybridized carbons (Fsp3) is 0.176. The molecule has 13 nitrogen and oxygen atoms in total. The van der Waals surface area contributed by atoms with Crippen LogP contribution in [0.1, 0.15) is 28.4 Å². The smallest absolute Gasteiger partial charge is 0.327 e. The zero-order valence-corrected chi connectivity index (χ0v) is 26.7. The molecule has 0 aliphatic rings. The number of amides is 1. The monoisotopic (exact) mass is 667 g/mol. The number of carbonyl (C=O) groups excluding carboxylic acids is 3. The summed E-state index contributed by atoms with van der Waals surface area (Å²) in [6.07, 6.45) is 4.74. The predicted molar refractivity (Wildman–Crippen MR) is 176 cm³/mol. The number of halogens is 1. The maximum Gasteiger partial charge on any atom is 0.327 e. The van der Waals surface area contributed by atoms with E-state index in [9.17, 15) is 19.2 Å². The SMILES string of the molecule is COC(=O)Cc1ccc(-c2cc([C@H](Cc3ccccc3)NC(=O)/C=C/c3cc(Cl)ccc3-n3cnnn3)nn(CC(=O)OC)c2=O)cc1. The molecule has 1 N–H and O–H groups in total. The van der Waals surface area contributed by atoms with Crippen LogP contribution in [-0.2, 0) is 43.2 Å². The second-order valence-corrected chi connectivity index (χ2v) is 10.9. The third kappa shape index (κ3) is 8.44. The zero-order valence-electron chi connectivity index (χ0n) is 25.9. The van der Waals surface area contributed by atoms with Gasteiger partial charge >= 0.3 is 11.9 Å². The molecule has 244 valence electrons. The summed E-state index contributed by atoms with van der Waals surface area (Å²) in [5.74, 6) is -1.53. The summed E-state index contributed by atoms with van der Waals surface area (Å²) in [5.41, 5.74) is 3.33. The van der Waals surface area contributed by atoms with Crippen molar-refractivity contribution < 1.29 is 23.9 Å². The highest BCUT2D eigenvalue weighted by Crippen LogP contribution is 2.24. The van der Waals surface area contributed by atoms with Crippen LogP contribution in [-0.4, -0.2) is 62.1 Å². The highest BCUT2D eigenvalue weighted by molar-refractivity contribution is 6.30. The molecule has 0 aliphatic heterocycles. The van der Waals surface area contributed by atoms with Crippen LogP contribution in [0.5, 0.6) is 0 Å². The van der Waals surface area contributed by atoms with Gasteiger partial charge in [0.25, 0.3) is 5.56 Å². The normalized spacial score (nSPS) is 11.6. The number of ether oxygens (including phenoxy) is 2. The Bertz CT molecular complexity index is 2000. The second kappa shape index (κ2) is 15.6. The quantitative estimate of drug-likeness (QED) is 0.154. The minimum atomic E-state index is -0.732. The Morgan fingerprint density at radius 2 is 1.69 bits per heavy atom. The fourth-order valence-corrected chi connectivity index (χ4v) is 5.06. The molecule has 0 bridgehead atoms. The molecule has 2 aromatic heterocycles. The highest BCUT2D eigenvalue weighted by atomic mass is 35.5. The van der Waals surface area contributed by atoms with Crippen molar-refractivity contribution in [1.29, 1.82) is 0 Å². The minimum absolute atomic E-state index is 0.0655. The van der Waals surface area contributed by atoms with Crippen LogP contribution in [0.25, 0.3) is 22.9 Å². The molecule has 0 saturated heterocycles. The molecule has 14 heteroatoms. The molecule has 3 aromatic carbocycles. The number of carbonyl (C=O) groups is 3. The Labute approximate surface area is 279 Å². The number of hydrogen-bond donors (Lipinski definition) is 1. The van der Waals surface area contributed by atoms with Crippen molar-refractivity contribution in [2.24, 2.45) is 0 Å². The molecule has 5 aromatic rings. The van der Waals surface area contributed by atoms with E-state index in [4.69, 9.17) is 21.1 Å². The minimum Gasteiger partial charge on any atom is -0.469 e. The molecular formula is C34H30ClN7O6. The first-order chi connectivity index (χ1) is 23.2. The largest absolute Gasteiger partial charge is 0.469 e. The molecule has 2 heterocycles. The van der Waals surface area contributed by atoms with E-state index in [1.54, 1.807) is 54.6 Å². The number of methoxy groups -OCH3 is 2. The summed E-state index contributed by atoms with van der Waals surface area (Å²) in [4.78, 5) is 51.1. The molecule has 0 saturated carbocycles. The number of nitrogens with one attached hydrogen (secondary N) is 1. The maximum absolute atomic E-state index is 13.6. The number of benzene rings is 3. The number of esters is 2. The number of hydrogen-bond acceptors (Lipinski definition) is 10. The van der Waals surface area contributed by atoms with Gasteiger partial charge in [-0.3, -0.25) is 19.2 Å². The van der Waals surface area contributed by atoms with Crippen molar-refractivity contribution in [3.05, 3.63) is 129 Å². The molecule has 0 aliphatic carbocycles. The topological polar surface area (TPSA) is 160 Å². The van der Waals surface area contributed by atoms with Gasteiger partial charge in [-0.15, -0.1) is 5.10 Å². The van der Waals surface area contributed by atoms with Crippen LogP contribution in [0, 0.1) is 0 Å². The lowest BCUT2D eigenvalue weighted by atomic mass is 9.99. The van der Waals surface area contributed by atoms with Gasteiger partial charge in [-0.2, -0.15) is 9.78 Å². The Hall–Kier alpha value is -5.95. The number of aromatic nitrogens is 6. The van der Waals surface area contributed by atoms with Gasteiger partial charge in [-0.05, 0) is 63.9 Å². The van der Waals surface area contributed by atoms with E-state index in [0.717, 1.165) is 10.2 Å².